The third kappa shape index (κ3) is 1.17. The first-order chi connectivity index (χ1) is 7.34. The van der Waals surface area contributed by atoms with Crippen LogP contribution in [0.25, 0.3) is 16.9 Å². The monoisotopic (exact) mass is 199 g/mol. The molecule has 0 saturated heterocycles. The Hall–Kier alpha value is -2.30. The van der Waals surface area contributed by atoms with Crippen molar-refractivity contribution in [3.8, 4) is 11.3 Å². The summed E-state index contributed by atoms with van der Waals surface area (Å²) in [6.07, 6.45) is 7.25. The fourth-order valence-electron chi connectivity index (χ4n) is 1.62. The summed E-state index contributed by atoms with van der Waals surface area (Å²) in [6, 6.07) is 5.87. The Morgan fingerprint density at radius 1 is 1.20 bits per heavy atom. The molecule has 3 aromatic rings. The van der Waals surface area contributed by atoms with E-state index in [9.17, 15) is 0 Å². The summed E-state index contributed by atoms with van der Waals surface area (Å²) in [4.78, 5) is 5.58. The van der Waals surface area contributed by atoms with Crippen LogP contribution in [0.4, 0.5) is 0 Å². The van der Waals surface area contributed by atoms with E-state index in [-0.39, 0.29) is 0 Å². The van der Waals surface area contributed by atoms with E-state index in [4.69, 9.17) is 5.84 Å². The van der Waals surface area contributed by atoms with Crippen LogP contribution in [-0.4, -0.2) is 19.3 Å². The maximum Gasteiger partial charge on any atom is 0.137 e. The van der Waals surface area contributed by atoms with Crippen LogP contribution in [0.3, 0.4) is 0 Å². The molecule has 0 fully saturated rings. The van der Waals surface area contributed by atoms with Gasteiger partial charge in [0.15, 0.2) is 0 Å². The molecule has 15 heavy (non-hydrogen) atoms. The lowest BCUT2D eigenvalue weighted by atomic mass is 10.3. The highest BCUT2D eigenvalue weighted by molar-refractivity contribution is 5.61. The third-order valence-electron chi connectivity index (χ3n) is 2.31. The number of nitrogens with zero attached hydrogens (tertiary/aromatic N) is 4. The Balaban J connectivity index is 2.27. The van der Waals surface area contributed by atoms with Gasteiger partial charge in [-0.1, -0.05) is 6.07 Å². The average molecular weight is 199 g/mol. The number of imidazole rings is 1. The molecule has 5 heteroatoms. The highest BCUT2D eigenvalue weighted by Gasteiger charge is 2.06. The van der Waals surface area contributed by atoms with Crippen molar-refractivity contribution in [3.05, 3.63) is 43.0 Å². The van der Waals surface area contributed by atoms with Crippen LogP contribution < -0.4 is 5.84 Å². The van der Waals surface area contributed by atoms with Crippen LogP contribution in [0.15, 0.2) is 43.0 Å². The second-order valence-electron chi connectivity index (χ2n) is 3.28. The minimum Gasteiger partial charge on any atom is -0.323 e. The summed E-state index contributed by atoms with van der Waals surface area (Å²) in [5.74, 6) is 5.50. The molecular weight excluding hydrogens is 190 g/mol. The first-order valence-electron chi connectivity index (χ1n) is 4.57. The molecule has 3 aromatic heterocycles. The molecule has 74 valence electrons. The van der Waals surface area contributed by atoms with Gasteiger partial charge in [0.2, 0.25) is 0 Å². The molecule has 0 unspecified atom stereocenters. The van der Waals surface area contributed by atoms with Gasteiger partial charge in [-0.25, -0.2) is 4.98 Å². The minimum atomic E-state index is 0.914. The SMILES string of the molecule is Nn1cc(-c2cnc3ccccn23)cn1. The van der Waals surface area contributed by atoms with Gasteiger partial charge in [-0.2, -0.15) is 9.89 Å². The van der Waals surface area contributed by atoms with Crippen molar-refractivity contribution >= 4 is 5.65 Å². The lowest BCUT2D eigenvalue weighted by Crippen LogP contribution is -2.07. The van der Waals surface area contributed by atoms with Gasteiger partial charge in [-0.3, -0.25) is 4.40 Å². The highest BCUT2D eigenvalue weighted by atomic mass is 15.5. The molecule has 0 aliphatic heterocycles. The number of fused-ring (bicyclic) bond motifs is 1. The first-order valence-corrected chi connectivity index (χ1v) is 4.57. The van der Waals surface area contributed by atoms with E-state index in [2.05, 4.69) is 10.1 Å². The number of hydrogen-bond donors (Lipinski definition) is 1. The maximum atomic E-state index is 5.50. The van der Waals surface area contributed by atoms with Crippen LogP contribution in [0.2, 0.25) is 0 Å². The van der Waals surface area contributed by atoms with Gasteiger partial charge in [-0.15, -0.1) is 0 Å². The zero-order chi connectivity index (χ0) is 10.3. The van der Waals surface area contributed by atoms with E-state index in [0.717, 1.165) is 16.9 Å². The molecule has 0 radical (unpaired) electrons. The van der Waals surface area contributed by atoms with Crippen molar-refractivity contribution in [2.45, 2.75) is 0 Å². The van der Waals surface area contributed by atoms with Crippen LogP contribution in [0, 0.1) is 0 Å². The van der Waals surface area contributed by atoms with Crippen molar-refractivity contribution in [1.29, 1.82) is 0 Å². The maximum absolute atomic E-state index is 5.50. The quantitative estimate of drug-likeness (QED) is 0.592. The third-order valence-corrected chi connectivity index (χ3v) is 2.31. The number of nitrogens with two attached hydrogens (primary N) is 1. The van der Waals surface area contributed by atoms with Gasteiger partial charge < -0.3 is 5.84 Å². The van der Waals surface area contributed by atoms with Crippen molar-refractivity contribution in [3.63, 3.8) is 0 Å². The minimum absolute atomic E-state index is 0.914. The number of aromatic nitrogens is 4. The zero-order valence-corrected chi connectivity index (χ0v) is 7.91. The summed E-state index contributed by atoms with van der Waals surface area (Å²) in [5, 5.41) is 3.93. The largest absolute Gasteiger partial charge is 0.323 e. The van der Waals surface area contributed by atoms with E-state index in [0.29, 0.717) is 0 Å². The van der Waals surface area contributed by atoms with Gasteiger partial charge in [0, 0.05) is 11.8 Å². The Labute approximate surface area is 85.7 Å². The molecular formula is C10H9N5. The zero-order valence-electron chi connectivity index (χ0n) is 7.91. The average Bonchev–Trinajstić information content (AvgIpc) is 2.83. The molecule has 0 saturated carbocycles. The summed E-state index contributed by atoms with van der Waals surface area (Å²) in [5.41, 5.74) is 2.86. The molecule has 0 bridgehead atoms. The molecule has 0 spiro atoms. The molecule has 3 heterocycles. The summed E-state index contributed by atoms with van der Waals surface area (Å²) in [7, 11) is 0. The van der Waals surface area contributed by atoms with Gasteiger partial charge in [0.1, 0.15) is 5.65 Å². The topological polar surface area (TPSA) is 61.1 Å². The molecule has 2 N–H and O–H groups in total. The molecule has 0 amide bonds. The van der Waals surface area contributed by atoms with Gasteiger partial charge >= 0.3 is 0 Å². The van der Waals surface area contributed by atoms with E-state index < -0.39 is 0 Å². The molecule has 0 aliphatic carbocycles. The van der Waals surface area contributed by atoms with E-state index in [1.807, 2.05) is 35.0 Å². The molecule has 0 atom stereocenters. The van der Waals surface area contributed by atoms with Gasteiger partial charge in [0.25, 0.3) is 0 Å². The molecule has 0 aromatic carbocycles. The highest BCUT2D eigenvalue weighted by Crippen LogP contribution is 2.18. The van der Waals surface area contributed by atoms with E-state index in [1.54, 1.807) is 12.4 Å². The van der Waals surface area contributed by atoms with Crippen molar-refractivity contribution < 1.29 is 0 Å². The van der Waals surface area contributed by atoms with Crippen molar-refractivity contribution in [2.24, 2.45) is 0 Å². The second kappa shape index (κ2) is 2.84. The Bertz CT molecular complexity index is 607. The van der Waals surface area contributed by atoms with Crippen LogP contribution >= 0.6 is 0 Å². The van der Waals surface area contributed by atoms with Crippen LogP contribution in [0.1, 0.15) is 0 Å². The summed E-state index contributed by atoms with van der Waals surface area (Å²) < 4.78 is 2.00. The van der Waals surface area contributed by atoms with Crippen LogP contribution in [-0.2, 0) is 0 Å². The smallest absolute Gasteiger partial charge is 0.137 e. The van der Waals surface area contributed by atoms with Gasteiger partial charge in [-0.05, 0) is 12.1 Å². The first kappa shape index (κ1) is 8.05. The molecule has 0 aliphatic rings. The normalized spacial score (nSPS) is 10.9. The number of pyridine rings is 1. The number of rotatable bonds is 1. The molecule has 5 nitrogen and oxygen atoms in total. The van der Waals surface area contributed by atoms with Crippen molar-refractivity contribution in [2.75, 3.05) is 5.84 Å². The second-order valence-corrected chi connectivity index (χ2v) is 3.28. The Morgan fingerprint density at radius 2 is 2.13 bits per heavy atom. The lowest BCUT2D eigenvalue weighted by molar-refractivity contribution is 0.832. The fourth-order valence-corrected chi connectivity index (χ4v) is 1.62. The molecule has 3 rings (SSSR count). The van der Waals surface area contributed by atoms with Gasteiger partial charge in [0.05, 0.1) is 24.3 Å². The Morgan fingerprint density at radius 3 is 2.93 bits per heavy atom. The van der Waals surface area contributed by atoms with Crippen molar-refractivity contribution in [1.82, 2.24) is 19.3 Å². The standard InChI is InChI=1S/C10H9N5/c11-15-7-8(5-13-15)9-6-12-10-3-1-2-4-14(9)10/h1-7H,11H2. The van der Waals surface area contributed by atoms with E-state index in [1.165, 1.54) is 4.79 Å². The summed E-state index contributed by atoms with van der Waals surface area (Å²) >= 11 is 0. The fraction of sp³-hybridized carbons (Fsp3) is 0. The Kier molecular flexibility index (Phi) is 1.53. The number of nitrogen functional groups attached to an aromatic ring is 1. The summed E-state index contributed by atoms with van der Waals surface area (Å²) in [6.45, 7) is 0. The predicted molar refractivity (Wildman–Crippen MR) is 56.6 cm³/mol. The van der Waals surface area contributed by atoms with Crippen LogP contribution in [0.5, 0.6) is 0 Å². The number of hydrogen-bond acceptors (Lipinski definition) is 3. The predicted octanol–water partition coefficient (Wildman–Crippen LogP) is 0.912. The van der Waals surface area contributed by atoms with E-state index >= 15 is 0 Å². The lowest BCUT2D eigenvalue weighted by Gasteiger charge is -1.96.